The normalized spacial score (nSPS) is 25.5. The molecule has 1 saturated heterocycles. The number of fused-ring (bicyclic) bond motifs is 3. The van der Waals surface area contributed by atoms with Crippen LogP contribution in [0, 0.1) is 5.92 Å². The van der Waals surface area contributed by atoms with E-state index in [9.17, 15) is 8.42 Å². The first-order valence-electron chi connectivity index (χ1n) is 10.5. The lowest BCUT2D eigenvalue weighted by atomic mass is 9.77. The summed E-state index contributed by atoms with van der Waals surface area (Å²) in [5.74, 6) is 1.26. The topological polar surface area (TPSA) is 67.9 Å². The van der Waals surface area contributed by atoms with Gasteiger partial charge in [-0.25, -0.2) is 8.42 Å². The molecule has 0 saturated carbocycles. The Labute approximate surface area is 187 Å². The Kier molecular flexibility index (Phi) is 5.46. The van der Waals surface area contributed by atoms with Gasteiger partial charge in [0.05, 0.1) is 36.9 Å². The number of morpholine rings is 1. The predicted molar refractivity (Wildman–Crippen MR) is 120 cm³/mol. The predicted octanol–water partition coefficient (Wildman–Crippen LogP) is 4.20. The summed E-state index contributed by atoms with van der Waals surface area (Å²) in [6.07, 6.45) is 5.36. The van der Waals surface area contributed by atoms with Gasteiger partial charge >= 0.3 is 0 Å². The van der Waals surface area contributed by atoms with Crippen molar-refractivity contribution >= 4 is 27.3 Å². The minimum absolute atomic E-state index is 0.0278. The van der Waals surface area contributed by atoms with Crippen LogP contribution in [-0.2, 0) is 14.8 Å². The van der Waals surface area contributed by atoms with Crippen LogP contribution in [-0.4, -0.2) is 46.1 Å². The van der Waals surface area contributed by atoms with E-state index in [0.717, 1.165) is 34.0 Å². The van der Waals surface area contributed by atoms with Crippen molar-refractivity contribution in [3.05, 3.63) is 64.7 Å². The molecule has 0 spiro atoms. The maximum absolute atomic E-state index is 13.0. The Bertz CT molecular complexity index is 1110. The quantitative estimate of drug-likeness (QED) is 0.693. The van der Waals surface area contributed by atoms with Crippen molar-refractivity contribution < 1.29 is 17.9 Å². The molecule has 2 heterocycles. The van der Waals surface area contributed by atoms with E-state index in [-0.39, 0.29) is 12.0 Å². The van der Waals surface area contributed by atoms with Crippen LogP contribution in [0.5, 0.6) is 5.75 Å². The number of benzene rings is 2. The molecule has 0 amide bonds. The number of halogens is 1. The van der Waals surface area contributed by atoms with E-state index in [4.69, 9.17) is 21.1 Å². The van der Waals surface area contributed by atoms with E-state index >= 15 is 0 Å². The molecule has 5 rings (SSSR count). The van der Waals surface area contributed by atoms with E-state index in [0.29, 0.717) is 37.1 Å². The highest BCUT2D eigenvalue weighted by Crippen LogP contribution is 2.54. The Hall–Kier alpha value is -2.06. The summed E-state index contributed by atoms with van der Waals surface area (Å²) in [6.45, 7) is 1.65. The third-order valence-electron chi connectivity index (χ3n) is 6.50. The van der Waals surface area contributed by atoms with Gasteiger partial charge in [0.25, 0.3) is 0 Å². The zero-order valence-electron chi connectivity index (χ0n) is 17.3. The van der Waals surface area contributed by atoms with Gasteiger partial charge in [-0.2, -0.15) is 4.31 Å². The molecule has 2 aromatic carbocycles. The summed E-state index contributed by atoms with van der Waals surface area (Å²) in [5.41, 5.74) is 3.03. The number of nitrogens with zero attached hydrogens (tertiary/aromatic N) is 1. The van der Waals surface area contributed by atoms with Gasteiger partial charge in [0.2, 0.25) is 10.0 Å². The molecule has 2 aromatic rings. The molecule has 0 bridgehead atoms. The largest absolute Gasteiger partial charge is 0.495 e. The fourth-order valence-electron chi connectivity index (χ4n) is 4.92. The molecule has 2 aliphatic heterocycles. The monoisotopic (exact) mass is 460 g/mol. The Morgan fingerprint density at radius 3 is 2.58 bits per heavy atom. The number of anilines is 1. The van der Waals surface area contributed by atoms with Crippen LogP contribution in [0.15, 0.2) is 53.4 Å². The van der Waals surface area contributed by atoms with Crippen LogP contribution in [0.3, 0.4) is 0 Å². The van der Waals surface area contributed by atoms with Crippen molar-refractivity contribution in [3.63, 3.8) is 0 Å². The number of methoxy groups -OCH3 is 1. The first-order valence-corrected chi connectivity index (χ1v) is 12.3. The minimum Gasteiger partial charge on any atom is -0.495 e. The molecule has 1 aliphatic carbocycles. The Morgan fingerprint density at radius 2 is 1.87 bits per heavy atom. The standard InChI is InChI=1S/C23H25ClN2O4S/c1-29-20-10-9-19(24)21-17-3-2-4-18(17)22(25-23(20)21)15-5-7-16(8-6-15)31(27,28)26-11-13-30-14-12-26/h2-3,5-10,17-18,22,25H,4,11-14H2,1H3/t17-,18+,22+/m1/s1. The van der Waals surface area contributed by atoms with Gasteiger partial charge in [0.1, 0.15) is 5.75 Å². The van der Waals surface area contributed by atoms with E-state index in [2.05, 4.69) is 17.5 Å². The molecular formula is C23H25ClN2O4S. The molecule has 164 valence electrons. The van der Waals surface area contributed by atoms with Gasteiger partial charge in [-0.3, -0.25) is 0 Å². The molecule has 8 heteroatoms. The second kappa shape index (κ2) is 8.13. The lowest BCUT2D eigenvalue weighted by Gasteiger charge is -2.38. The first kappa shape index (κ1) is 20.8. The first-order chi connectivity index (χ1) is 15.0. The molecule has 0 unspecified atom stereocenters. The van der Waals surface area contributed by atoms with Crippen LogP contribution in [0.1, 0.15) is 29.5 Å². The fraction of sp³-hybridized carbons (Fsp3) is 0.391. The highest BCUT2D eigenvalue weighted by molar-refractivity contribution is 7.89. The summed E-state index contributed by atoms with van der Waals surface area (Å²) >= 11 is 6.57. The highest BCUT2D eigenvalue weighted by Gasteiger charge is 2.40. The number of hydrogen-bond donors (Lipinski definition) is 1. The average molecular weight is 461 g/mol. The van der Waals surface area contributed by atoms with Crippen LogP contribution < -0.4 is 10.1 Å². The lowest BCUT2D eigenvalue weighted by Crippen LogP contribution is -2.40. The number of sulfonamides is 1. The van der Waals surface area contributed by atoms with Gasteiger partial charge in [0.15, 0.2) is 0 Å². The smallest absolute Gasteiger partial charge is 0.243 e. The van der Waals surface area contributed by atoms with Gasteiger partial charge in [-0.15, -0.1) is 0 Å². The summed E-state index contributed by atoms with van der Waals surface area (Å²) < 4.78 is 38.3. The third kappa shape index (κ3) is 3.53. The number of allylic oxidation sites excluding steroid dienone is 2. The third-order valence-corrected chi connectivity index (χ3v) is 8.74. The zero-order chi connectivity index (χ0) is 21.6. The molecule has 3 atom stereocenters. The second-order valence-electron chi connectivity index (χ2n) is 8.10. The van der Waals surface area contributed by atoms with Crippen molar-refractivity contribution in [2.45, 2.75) is 23.3 Å². The molecular weight excluding hydrogens is 436 g/mol. The molecule has 6 nitrogen and oxygen atoms in total. The number of hydrogen-bond acceptors (Lipinski definition) is 5. The maximum atomic E-state index is 13.0. The molecule has 1 N–H and O–H groups in total. The molecule has 0 aromatic heterocycles. The van der Waals surface area contributed by atoms with Gasteiger partial charge in [-0.05, 0) is 42.2 Å². The van der Waals surface area contributed by atoms with Crippen molar-refractivity contribution in [2.75, 3.05) is 38.7 Å². The zero-order valence-corrected chi connectivity index (χ0v) is 18.8. The fourth-order valence-corrected chi connectivity index (χ4v) is 6.61. The van der Waals surface area contributed by atoms with Crippen LogP contribution in [0.4, 0.5) is 5.69 Å². The van der Waals surface area contributed by atoms with Crippen molar-refractivity contribution in [1.82, 2.24) is 4.31 Å². The van der Waals surface area contributed by atoms with Crippen molar-refractivity contribution in [1.29, 1.82) is 0 Å². The number of rotatable bonds is 4. The van der Waals surface area contributed by atoms with Crippen molar-refractivity contribution in [3.8, 4) is 5.75 Å². The second-order valence-corrected chi connectivity index (χ2v) is 10.4. The summed E-state index contributed by atoms with van der Waals surface area (Å²) in [4.78, 5) is 0.316. The van der Waals surface area contributed by atoms with Crippen LogP contribution in [0.25, 0.3) is 0 Å². The van der Waals surface area contributed by atoms with Gasteiger partial charge < -0.3 is 14.8 Å². The van der Waals surface area contributed by atoms with E-state index in [1.165, 1.54) is 4.31 Å². The summed E-state index contributed by atoms with van der Waals surface area (Å²) in [5, 5.41) is 4.37. The van der Waals surface area contributed by atoms with E-state index in [1.807, 2.05) is 24.3 Å². The minimum atomic E-state index is -3.51. The Morgan fingerprint density at radius 1 is 1.13 bits per heavy atom. The van der Waals surface area contributed by atoms with E-state index in [1.54, 1.807) is 19.2 Å². The maximum Gasteiger partial charge on any atom is 0.243 e. The Balaban J connectivity index is 1.48. The molecule has 3 aliphatic rings. The lowest BCUT2D eigenvalue weighted by molar-refractivity contribution is 0.0730. The summed E-state index contributed by atoms with van der Waals surface area (Å²) in [7, 11) is -1.85. The molecule has 1 fully saturated rings. The average Bonchev–Trinajstić information content (AvgIpc) is 3.29. The highest BCUT2D eigenvalue weighted by atomic mass is 35.5. The van der Waals surface area contributed by atoms with Gasteiger partial charge in [0, 0.05) is 29.6 Å². The van der Waals surface area contributed by atoms with Gasteiger partial charge in [-0.1, -0.05) is 35.9 Å². The van der Waals surface area contributed by atoms with E-state index < -0.39 is 10.0 Å². The summed E-state index contributed by atoms with van der Waals surface area (Å²) in [6, 6.07) is 11.1. The molecule has 0 radical (unpaired) electrons. The molecule has 31 heavy (non-hydrogen) atoms. The SMILES string of the molecule is COc1ccc(Cl)c2c1N[C@@H](c1ccc(S(=O)(=O)N3CCOCC3)cc1)[C@H]1CC=C[C@@H]21. The van der Waals surface area contributed by atoms with Crippen LogP contribution >= 0.6 is 11.6 Å². The van der Waals surface area contributed by atoms with Crippen molar-refractivity contribution in [2.24, 2.45) is 5.92 Å². The van der Waals surface area contributed by atoms with Crippen LogP contribution in [0.2, 0.25) is 5.02 Å². The number of nitrogens with one attached hydrogen (secondary N) is 1. The number of ether oxygens (including phenoxy) is 2.